The zero-order valence-electron chi connectivity index (χ0n) is 14.2. The summed E-state index contributed by atoms with van der Waals surface area (Å²) in [6.45, 7) is 0.636. The number of halogens is 2. The molecule has 0 saturated heterocycles. The lowest BCUT2D eigenvalue weighted by Crippen LogP contribution is -2.31. The molecule has 0 heterocycles. The highest BCUT2D eigenvalue weighted by Gasteiger charge is 2.47. The molecule has 2 aromatic carbocycles. The second-order valence-electron chi connectivity index (χ2n) is 6.43. The maximum absolute atomic E-state index is 13.5. The van der Waals surface area contributed by atoms with E-state index in [4.69, 9.17) is 0 Å². The number of benzene rings is 2. The van der Waals surface area contributed by atoms with E-state index in [0.717, 1.165) is 5.56 Å². The molecule has 0 aromatic heterocycles. The normalized spacial score (nSPS) is 18.2. The molecule has 1 aliphatic carbocycles. The highest BCUT2D eigenvalue weighted by molar-refractivity contribution is 5.92. The molecule has 4 nitrogen and oxygen atoms in total. The number of hydrogen-bond donors (Lipinski definition) is 2. The van der Waals surface area contributed by atoms with Crippen LogP contribution in [0.4, 0.5) is 8.78 Å². The van der Waals surface area contributed by atoms with Crippen molar-refractivity contribution < 1.29 is 18.4 Å². The van der Waals surface area contributed by atoms with Crippen molar-refractivity contribution in [3.05, 3.63) is 71.3 Å². The summed E-state index contributed by atoms with van der Waals surface area (Å²) in [5.41, 5.74) is 1.35. The van der Waals surface area contributed by atoms with Crippen molar-refractivity contribution in [3.63, 3.8) is 0 Å². The van der Waals surface area contributed by atoms with Gasteiger partial charge in [0.25, 0.3) is 0 Å². The Labute approximate surface area is 150 Å². The maximum Gasteiger partial charge on any atom is 0.224 e. The summed E-state index contributed by atoms with van der Waals surface area (Å²) in [5.74, 6) is -1.62. The molecule has 2 aromatic rings. The van der Waals surface area contributed by atoms with Crippen LogP contribution < -0.4 is 10.6 Å². The summed E-state index contributed by atoms with van der Waals surface area (Å²) in [4.78, 5) is 24.2. The molecule has 6 heteroatoms. The number of amides is 2. The second-order valence-corrected chi connectivity index (χ2v) is 6.43. The van der Waals surface area contributed by atoms with Gasteiger partial charge in [0, 0.05) is 13.1 Å². The van der Waals surface area contributed by atoms with Gasteiger partial charge in [-0.15, -0.1) is 0 Å². The Morgan fingerprint density at radius 1 is 0.923 bits per heavy atom. The lowest BCUT2D eigenvalue weighted by molar-refractivity contribution is -0.127. The molecule has 2 unspecified atom stereocenters. The van der Waals surface area contributed by atoms with E-state index < -0.39 is 0 Å². The Hall–Kier alpha value is -2.76. The van der Waals surface area contributed by atoms with Gasteiger partial charge in [0.1, 0.15) is 11.6 Å². The first-order valence-corrected chi connectivity index (χ1v) is 8.58. The van der Waals surface area contributed by atoms with Gasteiger partial charge in [-0.3, -0.25) is 9.59 Å². The number of rotatable bonds is 7. The molecule has 0 bridgehead atoms. The van der Waals surface area contributed by atoms with E-state index in [0.29, 0.717) is 31.5 Å². The van der Waals surface area contributed by atoms with Crippen molar-refractivity contribution in [2.75, 3.05) is 6.54 Å². The van der Waals surface area contributed by atoms with Crippen LogP contribution in [0.2, 0.25) is 0 Å². The zero-order valence-corrected chi connectivity index (χ0v) is 14.2. The number of carbonyl (C=O) groups excluding carboxylic acids is 2. The number of carbonyl (C=O) groups is 2. The van der Waals surface area contributed by atoms with Gasteiger partial charge in [-0.2, -0.15) is 0 Å². The predicted molar refractivity (Wildman–Crippen MR) is 93.0 cm³/mol. The third kappa shape index (κ3) is 4.65. The summed E-state index contributed by atoms with van der Waals surface area (Å²) in [5, 5.41) is 5.52. The molecule has 3 rings (SSSR count). The molecule has 2 N–H and O–H groups in total. The van der Waals surface area contributed by atoms with Crippen LogP contribution in [-0.4, -0.2) is 18.4 Å². The summed E-state index contributed by atoms with van der Waals surface area (Å²) >= 11 is 0. The Bertz CT molecular complexity index is 793. The highest BCUT2D eigenvalue weighted by atomic mass is 19.1. The van der Waals surface area contributed by atoms with E-state index in [9.17, 15) is 18.4 Å². The van der Waals surface area contributed by atoms with Crippen molar-refractivity contribution in [2.45, 2.75) is 19.4 Å². The first-order chi connectivity index (χ1) is 12.5. The lowest BCUT2D eigenvalue weighted by Gasteiger charge is -2.07. The second kappa shape index (κ2) is 8.08. The average Bonchev–Trinajstić information content (AvgIpc) is 3.43. The summed E-state index contributed by atoms with van der Waals surface area (Å²) in [7, 11) is 0. The average molecular weight is 358 g/mol. The molecule has 0 aliphatic heterocycles. The lowest BCUT2D eigenvalue weighted by atomic mass is 10.1. The van der Waals surface area contributed by atoms with Crippen LogP contribution in [-0.2, 0) is 22.6 Å². The van der Waals surface area contributed by atoms with Crippen molar-refractivity contribution in [3.8, 4) is 0 Å². The summed E-state index contributed by atoms with van der Waals surface area (Å²) < 4.78 is 26.4. The smallest absolute Gasteiger partial charge is 0.224 e. The van der Waals surface area contributed by atoms with Crippen LogP contribution in [0.25, 0.3) is 0 Å². The first kappa shape index (κ1) is 18.0. The Morgan fingerprint density at radius 3 is 2.27 bits per heavy atom. The molecular formula is C20H20F2N2O2. The SMILES string of the molecule is O=C(NCCc1ccccc1F)C1CC1C(=O)NCc1ccc(F)cc1. The van der Waals surface area contributed by atoms with Gasteiger partial charge in [0.05, 0.1) is 11.8 Å². The molecule has 136 valence electrons. The minimum absolute atomic E-state index is 0.177. The molecule has 1 aliphatic rings. The topological polar surface area (TPSA) is 58.2 Å². The van der Waals surface area contributed by atoms with E-state index in [-0.39, 0.29) is 35.3 Å². The minimum Gasteiger partial charge on any atom is -0.356 e. The third-order valence-electron chi connectivity index (χ3n) is 4.50. The van der Waals surface area contributed by atoms with Gasteiger partial charge in [-0.05, 0) is 42.2 Å². The molecule has 1 fully saturated rings. The van der Waals surface area contributed by atoms with Crippen molar-refractivity contribution in [2.24, 2.45) is 11.8 Å². The van der Waals surface area contributed by atoms with Crippen LogP contribution in [0, 0.1) is 23.5 Å². The van der Waals surface area contributed by atoms with Gasteiger partial charge in [0.2, 0.25) is 11.8 Å². The number of nitrogens with one attached hydrogen (secondary N) is 2. The van der Waals surface area contributed by atoms with Gasteiger partial charge in [0.15, 0.2) is 0 Å². The third-order valence-corrected chi connectivity index (χ3v) is 4.50. The van der Waals surface area contributed by atoms with Gasteiger partial charge < -0.3 is 10.6 Å². The van der Waals surface area contributed by atoms with E-state index in [1.54, 1.807) is 30.3 Å². The van der Waals surface area contributed by atoms with Crippen LogP contribution in [0.5, 0.6) is 0 Å². The fourth-order valence-corrected chi connectivity index (χ4v) is 2.85. The molecule has 0 radical (unpaired) electrons. The molecule has 2 atom stereocenters. The maximum atomic E-state index is 13.5. The van der Waals surface area contributed by atoms with Crippen LogP contribution in [0.3, 0.4) is 0 Å². The first-order valence-electron chi connectivity index (χ1n) is 8.58. The fraction of sp³-hybridized carbons (Fsp3) is 0.300. The number of hydrogen-bond acceptors (Lipinski definition) is 2. The summed E-state index contributed by atoms with van der Waals surface area (Å²) in [6.07, 6.45) is 0.924. The van der Waals surface area contributed by atoms with Gasteiger partial charge in [-0.25, -0.2) is 8.78 Å². The van der Waals surface area contributed by atoms with E-state index in [1.165, 1.54) is 18.2 Å². The van der Waals surface area contributed by atoms with Gasteiger partial charge in [-0.1, -0.05) is 30.3 Å². The quantitative estimate of drug-likeness (QED) is 0.799. The van der Waals surface area contributed by atoms with E-state index in [2.05, 4.69) is 10.6 Å². The van der Waals surface area contributed by atoms with E-state index in [1.807, 2.05) is 0 Å². The minimum atomic E-state index is -0.330. The van der Waals surface area contributed by atoms with Crippen LogP contribution >= 0.6 is 0 Å². The van der Waals surface area contributed by atoms with E-state index >= 15 is 0 Å². The standard InChI is InChI=1S/C20H20F2N2O2/c21-15-7-5-13(6-8-15)12-24-20(26)17-11-16(17)19(25)23-10-9-14-3-1-2-4-18(14)22/h1-8,16-17H,9-12H2,(H,23,25)(H,24,26). The molecule has 26 heavy (non-hydrogen) atoms. The van der Waals surface area contributed by atoms with Gasteiger partial charge >= 0.3 is 0 Å². The van der Waals surface area contributed by atoms with Crippen molar-refractivity contribution >= 4 is 11.8 Å². The van der Waals surface area contributed by atoms with Crippen LogP contribution in [0.1, 0.15) is 17.5 Å². The Morgan fingerprint density at radius 2 is 1.58 bits per heavy atom. The highest BCUT2D eigenvalue weighted by Crippen LogP contribution is 2.38. The molecular weight excluding hydrogens is 338 g/mol. The summed E-state index contributed by atoms with van der Waals surface area (Å²) in [6, 6.07) is 12.3. The molecule has 1 saturated carbocycles. The molecule has 0 spiro atoms. The van der Waals surface area contributed by atoms with Crippen LogP contribution in [0.15, 0.2) is 48.5 Å². The monoisotopic (exact) mass is 358 g/mol. The fourth-order valence-electron chi connectivity index (χ4n) is 2.85. The van der Waals surface area contributed by atoms with Crippen molar-refractivity contribution in [1.29, 1.82) is 0 Å². The Balaban J connectivity index is 1.38. The van der Waals surface area contributed by atoms with Crippen molar-refractivity contribution in [1.82, 2.24) is 10.6 Å². The predicted octanol–water partition coefficient (Wildman–Crippen LogP) is 2.58. The largest absolute Gasteiger partial charge is 0.356 e. The zero-order chi connectivity index (χ0) is 18.5. The molecule has 2 amide bonds. The Kier molecular flexibility index (Phi) is 5.61.